The molecule has 59 heavy (non-hydrogen) atoms. The maximum atomic E-state index is 13.0. The van der Waals surface area contributed by atoms with Crippen LogP contribution in [0.25, 0.3) is 0 Å². The number of carbonyl (C=O) groups excluding carboxylic acids is 1. The second-order valence-electron chi connectivity index (χ2n) is 16.2. The smallest absolute Gasteiger partial charge is 0.220 e. The fraction of sp³-hybridized carbons (Fsp3) is 0.740. The number of aliphatic hydroxyl groups is 5. The number of hydrogen-bond acceptors (Lipinski definition) is 8. The van der Waals surface area contributed by atoms with Crippen molar-refractivity contribution in [2.45, 2.75) is 224 Å². The third-order valence-corrected chi connectivity index (χ3v) is 10.8. The van der Waals surface area contributed by atoms with Gasteiger partial charge in [-0.15, -0.1) is 0 Å². The Kier molecular flexibility index (Phi) is 36.8. The zero-order chi connectivity index (χ0) is 43.0. The van der Waals surface area contributed by atoms with E-state index in [0.717, 1.165) is 89.9 Å². The van der Waals surface area contributed by atoms with Gasteiger partial charge in [0.2, 0.25) is 5.91 Å². The topological polar surface area (TPSA) is 149 Å². The Morgan fingerprint density at radius 3 is 1.56 bits per heavy atom. The molecule has 0 aliphatic carbocycles. The highest BCUT2D eigenvalue weighted by atomic mass is 16.7. The second-order valence-corrected chi connectivity index (χ2v) is 16.2. The van der Waals surface area contributed by atoms with Gasteiger partial charge in [0.15, 0.2) is 6.29 Å². The van der Waals surface area contributed by atoms with E-state index in [9.17, 15) is 30.3 Å². The summed E-state index contributed by atoms with van der Waals surface area (Å²) in [5.74, 6) is -0.172. The van der Waals surface area contributed by atoms with Crippen molar-refractivity contribution in [3.8, 4) is 0 Å². The number of nitrogens with one attached hydrogen (secondary N) is 1. The van der Waals surface area contributed by atoms with Crippen LogP contribution in [0.3, 0.4) is 0 Å². The van der Waals surface area contributed by atoms with Crippen molar-refractivity contribution in [2.24, 2.45) is 0 Å². The zero-order valence-electron chi connectivity index (χ0n) is 37.2. The van der Waals surface area contributed by atoms with Crippen molar-refractivity contribution in [3.05, 3.63) is 72.9 Å². The standard InChI is InChI=1S/C50H87NO8/c1-3-5-7-9-11-13-15-17-18-19-20-21-22-23-24-25-26-28-30-32-34-36-38-40-46(54)51-43(42-58-50-49(57)48(56)47(55)45(41-52)59-50)44(53)39-37-35-33-31-29-27-16-14-12-10-8-6-4-2/h5,7,11,13,17-18,20-21,23-24,26,28,43-45,47-50,52-53,55-57H,3-4,6,8-10,12,14-16,19,22,25,27,29-42H2,1-2H3,(H,51,54)/b7-5-,13-11-,18-17-,21-20-,24-23-,28-26-. The summed E-state index contributed by atoms with van der Waals surface area (Å²) in [6, 6.07) is -0.736. The first-order chi connectivity index (χ1) is 28.8. The van der Waals surface area contributed by atoms with Gasteiger partial charge in [0.25, 0.3) is 0 Å². The van der Waals surface area contributed by atoms with E-state index in [2.05, 4.69) is 92.1 Å². The fourth-order valence-corrected chi connectivity index (χ4v) is 7.04. The molecule has 1 saturated heterocycles. The molecule has 1 rings (SSSR count). The van der Waals surface area contributed by atoms with E-state index in [4.69, 9.17) is 9.47 Å². The van der Waals surface area contributed by atoms with Gasteiger partial charge in [0.05, 0.1) is 25.4 Å². The number of allylic oxidation sites excluding steroid dienone is 12. The van der Waals surface area contributed by atoms with Crippen molar-refractivity contribution in [2.75, 3.05) is 13.2 Å². The first-order valence-corrected chi connectivity index (χ1v) is 23.6. The predicted molar refractivity (Wildman–Crippen MR) is 244 cm³/mol. The lowest BCUT2D eigenvalue weighted by Crippen LogP contribution is -2.60. The summed E-state index contributed by atoms with van der Waals surface area (Å²) in [7, 11) is 0. The molecule has 1 amide bonds. The van der Waals surface area contributed by atoms with Gasteiger partial charge in [-0.1, -0.05) is 183 Å². The summed E-state index contributed by atoms with van der Waals surface area (Å²) >= 11 is 0. The van der Waals surface area contributed by atoms with Crippen LogP contribution in [0.1, 0.15) is 181 Å². The summed E-state index contributed by atoms with van der Waals surface area (Å²) in [4.78, 5) is 13.0. The minimum atomic E-state index is -1.56. The van der Waals surface area contributed by atoms with E-state index in [1.54, 1.807) is 0 Å². The molecule has 7 unspecified atom stereocenters. The molecule has 0 spiro atoms. The molecule has 6 N–H and O–H groups in total. The monoisotopic (exact) mass is 830 g/mol. The van der Waals surface area contributed by atoms with E-state index in [1.165, 1.54) is 64.2 Å². The number of hydrogen-bond donors (Lipinski definition) is 6. The van der Waals surface area contributed by atoms with E-state index in [0.29, 0.717) is 12.8 Å². The van der Waals surface area contributed by atoms with Crippen LogP contribution in [0.4, 0.5) is 0 Å². The van der Waals surface area contributed by atoms with Crippen LogP contribution in [-0.4, -0.2) is 87.5 Å². The Bertz CT molecular complexity index is 1150. The number of aliphatic hydroxyl groups excluding tert-OH is 5. The Morgan fingerprint density at radius 2 is 1.05 bits per heavy atom. The molecule has 0 saturated carbocycles. The summed E-state index contributed by atoms with van der Waals surface area (Å²) in [6.45, 7) is 3.69. The number of rotatable bonds is 38. The molecule has 0 aromatic heterocycles. The van der Waals surface area contributed by atoms with Gasteiger partial charge in [0, 0.05) is 6.42 Å². The van der Waals surface area contributed by atoms with Gasteiger partial charge in [-0.05, 0) is 64.2 Å². The van der Waals surface area contributed by atoms with Crippen molar-refractivity contribution < 1.29 is 39.8 Å². The van der Waals surface area contributed by atoms with Crippen molar-refractivity contribution in [3.63, 3.8) is 0 Å². The molecule has 1 aliphatic heterocycles. The van der Waals surface area contributed by atoms with Crippen molar-refractivity contribution in [1.82, 2.24) is 5.32 Å². The normalized spacial score (nSPS) is 21.4. The molecule has 1 fully saturated rings. The Morgan fingerprint density at radius 1 is 0.593 bits per heavy atom. The second kappa shape index (κ2) is 39.7. The quantitative estimate of drug-likeness (QED) is 0.0266. The Balaban J connectivity index is 2.33. The Labute approximate surface area is 359 Å². The lowest BCUT2D eigenvalue weighted by atomic mass is 9.99. The summed E-state index contributed by atoms with van der Waals surface area (Å²) in [5.41, 5.74) is 0. The SMILES string of the molecule is CC/C=C\C/C=C\C/C=C\C/C=C\C/C=C\C/C=C\CCCCCCC(=O)NC(COC1OC(CO)C(O)C(O)C1O)C(O)CCCCCCCCCCCCCCC. The largest absolute Gasteiger partial charge is 0.394 e. The van der Waals surface area contributed by atoms with Gasteiger partial charge in [-0.25, -0.2) is 0 Å². The molecule has 340 valence electrons. The van der Waals surface area contributed by atoms with Crippen LogP contribution in [0, 0.1) is 0 Å². The number of carbonyl (C=O) groups is 1. The van der Waals surface area contributed by atoms with E-state index >= 15 is 0 Å². The van der Waals surface area contributed by atoms with Crippen LogP contribution in [0.5, 0.6) is 0 Å². The van der Waals surface area contributed by atoms with Crippen LogP contribution < -0.4 is 5.32 Å². The van der Waals surface area contributed by atoms with Crippen LogP contribution in [0.15, 0.2) is 72.9 Å². The molecule has 7 atom stereocenters. The van der Waals surface area contributed by atoms with Crippen LogP contribution in [0.2, 0.25) is 0 Å². The molecular weight excluding hydrogens is 743 g/mol. The third kappa shape index (κ3) is 30.3. The number of unbranched alkanes of at least 4 members (excludes halogenated alkanes) is 16. The zero-order valence-corrected chi connectivity index (χ0v) is 37.2. The number of amides is 1. The minimum Gasteiger partial charge on any atom is -0.394 e. The predicted octanol–water partition coefficient (Wildman–Crippen LogP) is 10.2. The molecule has 0 aromatic carbocycles. The lowest BCUT2D eigenvalue weighted by molar-refractivity contribution is -0.302. The summed E-state index contributed by atoms with van der Waals surface area (Å²) in [6.07, 6.45) is 46.2. The van der Waals surface area contributed by atoms with Crippen molar-refractivity contribution >= 4 is 5.91 Å². The van der Waals surface area contributed by atoms with E-state index in [1.807, 2.05) is 0 Å². The van der Waals surface area contributed by atoms with E-state index in [-0.39, 0.29) is 12.5 Å². The molecule has 1 aliphatic rings. The molecular formula is C50H87NO8. The van der Waals surface area contributed by atoms with Crippen LogP contribution >= 0.6 is 0 Å². The minimum absolute atomic E-state index is 0.153. The average Bonchev–Trinajstić information content (AvgIpc) is 3.23. The lowest BCUT2D eigenvalue weighted by Gasteiger charge is -2.40. The van der Waals surface area contributed by atoms with Crippen molar-refractivity contribution in [1.29, 1.82) is 0 Å². The number of ether oxygens (including phenoxy) is 2. The maximum absolute atomic E-state index is 13.0. The van der Waals surface area contributed by atoms with Crippen LogP contribution in [-0.2, 0) is 14.3 Å². The summed E-state index contributed by atoms with van der Waals surface area (Å²) in [5, 5.41) is 54.3. The molecule has 1 heterocycles. The molecule has 0 bridgehead atoms. The first-order valence-electron chi connectivity index (χ1n) is 23.6. The average molecular weight is 830 g/mol. The third-order valence-electron chi connectivity index (χ3n) is 10.8. The molecule has 9 nitrogen and oxygen atoms in total. The summed E-state index contributed by atoms with van der Waals surface area (Å²) < 4.78 is 11.2. The molecule has 0 radical (unpaired) electrons. The highest BCUT2D eigenvalue weighted by Crippen LogP contribution is 2.23. The van der Waals surface area contributed by atoms with E-state index < -0.39 is 49.5 Å². The Hall–Kier alpha value is -2.37. The van der Waals surface area contributed by atoms with Gasteiger partial charge >= 0.3 is 0 Å². The highest BCUT2D eigenvalue weighted by Gasteiger charge is 2.44. The fourth-order valence-electron chi connectivity index (χ4n) is 7.04. The first kappa shape index (κ1) is 54.6. The van der Waals surface area contributed by atoms with Gasteiger partial charge < -0.3 is 40.3 Å². The molecule has 9 heteroatoms. The maximum Gasteiger partial charge on any atom is 0.220 e. The highest BCUT2D eigenvalue weighted by molar-refractivity contribution is 5.76. The van der Waals surface area contributed by atoms with Gasteiger partial charge in [-0.2, -0.15) is 0 Å². The molecule has 0 aromatic rings. The van der Waals surface area contributed by atoms with Gasteiger partial charge in [-0.3, -0.25) is 4.79 Å². The van der Waals surface area contributed by atoms with Gasteiger partial charge in [0.1, 0.15) is 24.4 Å².